The number of hydrogen-bond donors (Lipinski definition) is 2. The Kier molecular flexibility index (Phi) is 5.71. The van der Waals surface area contributed by atoms with Crippen molar-refractivity contribution in [3.8, 4) is 0 Å². The van der Waals surface area contributed by atoms with Gasteiger partial charge in [-0.05, 0) is 42.8 Å². The molecule has 24 heavy (non-hydrogen) atoms. The standard InChI is InChI=1S/C18H17ClN2O3/c1-11(22)14-5-8-16(19)17(10-14)21-18(24)9-13-3-6-15(7-4-13)20-12(2)23/h3-8,10H,9H2,1-2H3,(H,20,23)(H,21,24). The zero-order valence-electron chi connectivity index (χ0n) is 13.4. The summed E-state index contributed by atoms with van der Waals surface area (Å²) in [5, 5.41) is 5.74. The Labute approximate surface area is 145 Å². The molecule has 6 heteroatoms. The number of halogens is 1. The van der Waals surface area contributed by atoms with Gasteiger partial charge in [0.25, 0.3) is 0 Å². The lowest BCUT2D eigenvalue weighted by Gasteiger charge is -2.09. The van der Waals surface area contributed by atoms with Crippen LogP contribution < -0.4 is 10.6 Å². The summed E-state index contributed by atoms with van der Waals surface area (Å²) in [6, 6.07) is 11.7. The summed E-state index contributed by atoms with van der Waals surface area (Å²) >= 11 is 6.05. The van der Waals surface area contributed by atoms with E-state index in [0.717, 1.165) is 5.56 Å². The van der Waals surface area contributed by atoms with E-state index in [-0.39, 0.29) is 24.0 Å². The van der Waals surface area contributed by atoms with E-state index in [9.17, 15) is 14.4 Å². The third-order valence-corrected chi connectivity index (χ3v) is 3.62. The van der Waals surface area contributed by atoms with E-state index in [1.54, 1.807) is 42.5 Å². The maximum Gasteiger partial charge on any atom is 0.228 e. The minimum atomic E-state index is -0.245. The molecule has 2 rings (SSSR count). The fraction of sp³-hybridized carbons (Fsp3) is 0.167. The van der Waals surface area contributed by atoms with Crippen molar-refractivity contribution in [2.24, 2.45) is 0 Å². The van der Waals surface area contributed by atoms with Gasteiger partial charge in [0, 0.05) is 18.2 Å². The van der Waals surface area contributed by atoms with Gasteiger partial charge in [-0.15, -0.1) is 0 Å². The lowest BCUT2D eigenvalue weighted by atomic mass is 10.1. The van der Waals surface area contributed by atoms with E-state index in [0.29, 0.717) is 22.0 Å². The van der Waals surface area contributed by atoms with Gasteiger partial charge in [-0.1, -0.05) is 23.7 Å². The number of carbonyl (C=O) groups is 3. The first-order valence-electron chi connectivity index (χ1n) is 7.32. The topological polar surface area (TPSA) is 75.3 Å². The minimum Gasteiger partial charge on any atom is -0.326 e. The quantitative estimate of drug-likeness (QED) is 0.812. The van der Waals surface area contributed by atoms with Crippen LogP contribution in [0.15, 0.2) is 42.5 Å². The Hall–Kier alpha value is -2.66. The van der Waals surface area contributed by atoms with Crippen molar-refractivity contribution in [3.05, 3.63) is 58.6 Å². The summed E-state index contributed by atoms with van der Waals surface area (Å²) in [6.07, 6.45) is 0.154. The molecular weight excluding hydrogens is 328 g/mol. The third kappa shape index (κ3) is 4.93. The Morgan fingerprint density at radius 3 is 2.21 bits per heavy atom. The molecule has 0 spiro atoms. The number of nitrogens with one attached hydrogen (secondary N) is 2. The van der Waals surface area contributed by atoms with E-state index >= 15 is 0 Å². The van der Waals surface area contributed by atoms with Crippen LogP contribution in [-0.2, 0) is 16.0 Å². The summed E-state index contributed by atoms with van der Waals surface area (Å²) in [4.78, 5) is 34.5. The SMILES string of the molecule is CC(=O)Nc1ccc(CC(=O)Nc2cc(C(C)=O)ccc2Cl)cc1. The molecule has 2 amide bonds. The van der Waals surface area contributed by atoms with Crippen LogP contribution in [0.2, 0.25) is 5.02 Å². The van der Waals surface area contributed by atoms with Crippen LogP contribution in [0.1, 0.15) is 29.8 Å². The van der Waals surface area contributed by atoms with Crippen molar-refractivity contribution in [1.29, 1.82) is 0 Å². The van der Waals surface area contributed by atoms with E-state index in [4.69, 9.17) is 11.6 Å². The van der Waals surface area contributed by atoms with E-state index < -0.39 is 0 Å². The van der Waals surface area contributed by atoms with Crippen molar-refractivity contribution in [3.63, 3.8) is 0 Å². The van der Waals surface area contributed by atoms with Crippen molar-refractivity contribution in [2.45, 2.75) is 20.3 Å². The Morgan fingerprint density at radius 1 is 0.958 bits per heavy atom. The van der Waals surface area contributed by atoms with Gasteiger partial charge in [-0.25, -0.2) is 0 Å². The van der Waals surface area contributed by atoms with Gasteiger partial charge in [0.15, 0.2) is 5.78 Å². The molecule has 2 aromatic rings. The second-order valence-corrected chi connectivity index (χ2v) is 5.76. The van der Waals surface area contributed by atoms with Gasteiger partial charge in [0.05, 0.1) is 17.1 Å². The fourth-order valence-electron chi connectivity index (χ4n) is 2.13. The second-order valence-electron chi connectivity index (χ2n) is 5.35. The molecule has 0 aliphatic heterocycles. The molecule has 0 unspecified atom stereocenters. The molecule has 0 bridgehead atoms. The molecule has 0 aliphatic rings. The van der Waals surface area contributed by atoms with Crippen molar-refractivity contribution >= 4 is 40.6 Å². The third-order valence-electron chi connectivity index (χ3n) is 3.29. The highest BCUT2D eigenvalue weighted by Gasteiger charge is 2.10. The minimum absolute atomic E-state index is 0.101. The molecule has 0 atom stereocenters. The molecule has 0 saturated carbocycles. The molecule has 0 radical (unpaired) electrons. The van der Waals surface area contributed by atoms with Crippen molar-refractivity contribution in [2.75, 3.05) is 10.6 Å². The maximum atomic E-state index is 12.2. The first kappa shape index (κ1) is 17.7. The smallest absolute Gasteiger partial charge is 0.228 e. The Bertz CT molecular complexity index is 785. The second kappa shape index (κ2) is 7.75. The van der Waals surface area contributed by atoms with Crippen molar-refractivity contribution in [1.82, 2.24) is 0 Å². The van der Waals surface area contributed by atoms with Crippen LogP contribution in [0.3, 0.4) is 0 Å². The van der Waals surface area contributed by atoms with E-state index in [2.05, 4.69) is 10.6 Å². The summed E-state index contributed by atoms with van der Waals surface area (Å²) < 4.78 is 0. The first-order chi connectivity index (χ1) is 11.3. The van der Waals surface area contributed by atoms with Gasteiger partial charge in [0.1, 0.15) is 0 Å². The number of rotatable bonds is 5. The maximum absolute atomic E-state index is 12.2. The van der Waals surface area contributed by atoms with E-state index in [1.807, 2.05) is 0 Å². The molecule has 0 saturated heterocycles. The number of ketones is 1. The zero-order valence-corrected chi connectivity index (χ0v) is 14.1. The molecule has 124 valence electrons. The Morgan fingerprint density at radius 2 is 1.62 bits per heavy atom. The van der Waals surface area contributed by atoms with Crippen LogP contribution in [-0.4, -0.2) is 17.6 Å². The van der Waals surface area contributed by atoms with Crippen LogP contribution >= 0.6 is 11.6 Å². The fourth-order valence-corrected chi connectivity index (χ4v) is 2.29. The number of amides is 2. The Balaban J connectivity index is 2.04. The monoisotopic (exact) mass is 344 g/mol. The van der Waals surface area contributed by atoms with Crippen LogP contribution in [0.4, 0.5) is 11.4 Å². The van der Waals surface area contributed by atoms with Gasteiger partial charge in [0.2, 0.25) is 11.8 Å². The first-order valence-corrected chi connectivity index (χ1v) is 7.70. The van der Waals surface area contributed by atoms with Gasteiger partial charge >= 0.3 is 0 Å². The van der Waals surface area contributed by atoms with Gasteiger partial charge in [-0.2, -0.15) is 0 Å². The molecular formula is C18H17ClN2O3. The number of benzene rings is 2. The van der Waals surface area contributed by atoms with Crippen molar-refractivity contribution < 1.29 is 14.4 Å². The average molecular weight is 345 g/mol. The number of carbonyl (C=O) groups excluding carboxylic acids is 3. The number of Topliss-reactive ketones (excluding diaryl/α,β-unsaturated/α-hetero) is 1. The van der Waals surface area contributed by atoms with Crippen LogP contribution in [0, 0.1) is 0 Å². The molecule has 0 fully saturated rings. The highest BCUT2D eigenvalue weighted by Crippen LogP contribution is 2.23. The summed E-state index contributed by atoms with van der Waals surface area (Å²) in [6.45, 7) is 2.88. The largest absolute Gasteiger partial charge is 0.326 e. The van der Waals surface area contributed by atoms with Gasteiger partial charge in [-0.3, -0.25) is 14.4 Å². The normalized spacial score (nSPS) is 10.1. The summed E-state index contributed by atoms with van der Waals surface area (Å²) in [7, 11) is 0. The van der Waals surface area contributed by atoms with Crippen LogP contribution in [0.5, 0.6) is 0 Å². The lowest BCUT2D eigenvalue weighted by molar-refractivity contribution is -0.116. The molecule has 2 aromatic carbocycles. The summed E-state index contributed by atoms with van der Waals surface area (Å²) in [5.74, 6) is -0.499. The number of anilines is 2. The predicted octanol–water partition coefficient (Wildman–Crippen LogP) is 3.68. The van der Waals surface area contributed by atoms with Crippen LogP contribution in [0.25, 0.3) is 0 Å². The molecule has 5 nitrogen and oxygen atoms in total. The summed E-state index contributed by atoms with van der Waals surface area (Å²) in [5.41, 5.74) is 2.35. The molecule has 0 aromatic heterocycles. The predicted molar refractivity (Wildman–Crippen MR) is 94.5 cm³/mol. The molecule has 0 aliphatic carbocycles. The molecule has 0 heterocycles. The molecule has 2 N–H and O–H groups in total. The zero-order chi connectivity index (χ0) is 17.7. The highest BCUT2D eigenvalue weighted by atomic mass is 35.5. The highest BCUT2D eigenvalue weighted by molar-refractivity contribution is 6.33. The average Bonchev–Trinajstić information content (AvgIpc) is 2.50. The lowest BCUT2D eigenvalue weighted by Crippen LogP contribution is -2.15. The van der Waals surface area contributed by atoms with E-state index in [1.165, 1.54) is 13.8 Å². The van der Waals surface area contributed by atoms with Gasteiger partial charge < -0.3 is 10.6 Å². The number of hydrogen-bond acceptors (Lipinski definition) is 3.